The lowest BCUT2D eigenvalue weighted by Crippen LogP contribution is -2.40. The second-order valence-corrected chi connectivity index (χ2v) is 11.7. The number of H-pyrrole nitrogens is 1. The molecule has 7 rings (SSSR count). The van der Waals surface area contributed by atoms with Gasteiger partial charge in [0.05, 0.1) is 18.0 Å². The molecule has 4 aromatic heterocycles. The van der Waals surface area contributed by atoms with E-state index < -0.39 is 0 Å². The van der Waals surface area contributed by atoms with E-state index in [1.54, 1.807) is 33.9 Å². The molecule has 0 atom stereocenters. The maximum atomic E-state index is 13.6. The van der Waals surface area contributed by atoms with Crippen molar-refractivity contribution in [1.29, 1.82) is 0 Å². The zero-order valence-electron chi connectivity index (χ0n) is 25.4. The number of amides is 2. The van der Waals surface area contributed by atoms with E-state index >= 15 is 0 Å². The minimum atomic E-state index is -0.388. The molecule has 1 saturated carbocycles. The lowest BCUT2D eigenvalue weighted by Gasteiger charge is -2.29. The molecule has 1 aliphatic heterocycles. The third-order valence-electron chi connectivity index (χ3n) is 8.54. The van der Waals surface area contributed by atoms with Gasteiger partial charge in [-0.3, -0.25) is 28.4 Å². The van der Waals surface area contributed by atoms with E-state index in [4.69, 9.17) is 0 Å². The van der Waals surface area contributed by atoms with E-state index in [-0.39, 0.29) is 34.6 Å². The first-order valence-electron chi connectivity index (χ1n) is 15.6. The van der Waals surface area contributed by atoms with Crippen molar-refractivity contribution in [2.75, 3.05) is 24.5 Å². The summed E-state index contributed by atoms with van der Waals surface area (Å²) in [5, 5.41) is 7.65. The van der Waals surface area contributed by atoms with E-state index in [0.29, 0.717) is 67.4 Å². The molecule has 13 nitrogen and oxygen atoms in total. The number of pyridine rings is 1. The predicted molar refractivity (Wildman–Crippen MR) is 171 cm³/mol. The van der Waals surface area contributed by atoms with E-state index in [1.807, 2.05) is 36.1 Å². The van der Waals surface area contributed by atoms with E-state index in [0.717, 1.165) is 30.4 Å². The van der Waals surface area contributed by atoms with Crippen LogP contribution in [0.25, 0.3) is 22.6 Å². The van der Waals surface area contributed by atoms with Gasteiger partial charge in [-0.05, 0) is 61.9 Å². The minimum absolute atomic E-state index is 0.0000641. The van der Waals surface area contributed by atoms with Gasteiger partial charge in [0.1, 0.15) is 17.2 Å². The number of benzene rings is 1. The zero-order chi connectivity index (χ0) is 31.8. The predicted octanol–water partition coefficient (Wildman–Crippen LogP) is 3.22. The Morgan fingerprint density at radius 2 is 1.87 bits per heavy atom. The van der Waals surface area contributed by atoms with Gasteiger partial charge in [0, 0.05) is 49.5 Å². The number of rotatable bonds is 10. The number of aromatic nitrogens is 7. The average molecular weight is 620 g/mol. The molecule has 0 spiro atoms. The smallest absolute Gasteiger partial charge is 0.332 e. The third kappa shape index (κ3) is 5.37. The van der Waals surface area contributed by atoms with Crippen molar-refractivity contribution in [3.05, 3.63) is 98.6 Å². The molecule has 0 radical (unpaired) electrons. The van der Waals surface area contributed by atoms with Crippen molar-refractivity contribution in [3.8, 4) is 11.4 Å². The number of nitrogens with zero attached hydrogens (tertiary/aromatic N) is 8. The van der Waals surface area contributed by atoms with Crippen molar-refractivity contribution in [2.45, 2.75) is 51.6 Å². The van der Waals surface area contributed by atoms with Gasteiger partial charge >= 0.3 is 5.69 Å². The Bertz CT molecular complexity index is 2050. The van der Waals surface area contributed by atoms with Crippen LogP contribution in [0.1, 0.15) is 64.9 Å². The fourth-order valence-electron chi connectivity index (χ4n) is 6.04. The quantitative estimate of drug-likeness (QED) is 0.250. The molecular weight excluding hydrogens is 586 g/mol. The van der Waals surface area contributed by atoms with E-state index in [1.165, 1.54) is 17.0 Å². The molecule has 2 amide bonds. The van der Waals surface area contributed by atoms with Gasteiger partial charge in [-0.15, -0.1) is 0 Å². The van der Waals surface area contributed by atoms with Crippen molar-refractivity contribution < 1.29 is 9.59 Å². The molecule has 1 fully saturated rings. The molecule has 1 aromatic carbocycles. The Hall–Kier alpha value is -5.46. The number of hydrogen-bond donors (Lipinski definition) is 1. The summed E-state index contributed by atoms with van der Waals surface area (Å²) < 4.78 is 2.90. The first kappa shape index (κ1) is 29.3. The molecule has 1 N–H and O–H groups in total. The van der Waals surface area contributed by atoms with Gasteiger partial charge in [-0.25, -0.2) is 14.8 Å². The number of carbonyl (C=O) groups excluding carboxylic acids is 2. The second-order valence-electron chi connectivity index (χ2n) is 11.7. The Labute approximate surface area is 263 Å². The van der Waals surface area contributed by atoms with E-state index in [2.05, 4.69) is 25.1 Å². The van der Waals surface area contributed by atoms with Crippen molar-refractivity contribution in [3.63, 3.8) is 0 Å². The van der Waals surface area contributed by atoms with Crippen LogP contribution in [0.15, 0.2) is 70.6 Å². The lowest BCUT2D eigenvalue weighted by atomic mass is 9.99. The van der Waals surface area contributed by atoms with Crippen LogP contribution in [0.5, 0.6) is 0 Å². The lowest BCUT2D eigenvalue weighted by molar-refractivity contribution is 0.0738. The summed E-state index contributed by atoms with van der Waals surface area (Å²) in [5.41, 5.74) is 2.67. The summed E-state index contributed by atoms with van der Waals surface area (Å²) in [7, 11) is 0. The van der Waals surface area contributed by atoms with Crippen molar-refractivity contribution in [1.82, 2.24) is 39.2 Å². The summed E-state index contributed by atoms with van der Waals surface area (Å²) in [6, 6.07) is 12.8. The highest BCUT2D eigenvalue weighted by molar-refractivity contribution is 6.05. The average Bonchev–Trinajstić information content (AvgIpc) is 3.83. The fraction of sp³-hybridized carbons (Fsp3) is 0.333. The Kier molecular flexibility index (Phi) is 7.73. The van der Waals surface area contributed by atoms with E-state index in [9.17, 15) is 19.2 Å². The highest BCUT2D eigenvalue weighted by atomic mass is 16.2. The summed E-state index contributed by atoms with van der Waals surface area (Å²) in [6.45, 7) is 3.69. The standard InChI is InChI=1S/C33H33N9O4/c1-2-15-41-32(45)27-29(42(33(41)46)24-9-10-24)38-28(37-27)22-8-11-26(34-19-22)40(30(43)23-12-14-35-36-20-23)17-5-16-39-18-13-21-6-3-4-7-25(21)31(39)44/h3-4,6-8,11-12,14,19-20,24H,2,5,9-10,13,15-18H2,1H3,(H,37,38). The van der Waals surface area contributed by atoms with Gasteiger partial charge < -0.3 is 9.88 Å². The maximum Gasteiger partial charge on any atom is 0.332 e. The number of carbonyl (C=O) groups is 2. The summed E-state index contributed by atoms with van der Waals surface area (Å²) in [5.74, 6) is 0.533. The molecule has 234 valence electrons. The molecule has 5 heterocycles. The van der Waals surface area contributed by atoms with Gasteiger partial charge in [-0.1, -0.05) is 25.1 Å². The van der Waals surface area contributed by atoms with Crippen molar-refractivity contribution in [2.24, 2.45) is 0 Å². The first-order valence-corrected chi connectivity index (χ1v) is 15.6. The second kappa shape index (κ2) is 12.1. The van der Waals surface area contributed by atoms with Gasteiger partial charge in [0.25, 0.3) is 17.4 Å². The molecular formula is C33H33N9O4. The van der Waals surface area contributed by atoms with Crippen LogP contribution in [-0.4, -0.2) is 70.6 Å². The van der Waals surface area contributed by atoms with Crippen LogP contribution < -0.4 is 16.1 Å². The topological polar surface area (TPSA) is 152 Å². The normalized spacial score (nSPS) is 14.5. The largest absolute Gasteiger partial charge is 0.338 e. The van der Waals surface area contributed by atoms with Crippen LogP contribution in [0.2, 0.25) is 0 Å². The number of imidazole rings is 1. The molecule has 1 aliphatic carbocycles. The first-order chi connectivity index (χ1) is 22.4. The zero-order valence-corrected chi connectivity index (χ0v) is 25.4. The maximum absolute atomic E-state index is 13.6. The Balaban J connectivity index is 1.15. The number of anilines is 1. The van der Waals surface area contributed by atoms with Gasteiger partial charge in [0.2, 0.25) is 0 Å². The molecule has 0 unspecified atom stereocenters. The Morgan fingerprint density at radius 3 is 2.61 bits per heavy atom. The monoisotopic (exact) mass is 619 g/mol. The van der Waals surface area contributed by atoms with Crippen LogP contribution in [-0.2, 0) is 13.0 Å². The number of hydrogen-bond acceptors (Lipinski definition) is 8. The molecule has 13 heteroatoms. The molecule has 5 aromatic rings. The summed E-state index contributed by atoms with van der Waals surface area (Å²) in [4.78, 5) is 68.9. The SMILES string of the molecule is CCCn1c(=O)c2[nH]c(-c3ccc(N(CCCN4CCc5ccccc5C4=O)C(=O)c4ccnnc4)nc3)nc2n(C2CC2)c1=O. The van der Waals surface area contributed by atoms with Crippen LogP contribution in [0.3, 0.4) is 0 Å². The highest BCUT2D eigenvalue weighted by Crippen LogP contribution is 2.35. The Morgan fingerprint density at radius 1 is 1.02 bits per heavy atom. The van der Waals surface area contributed by atoms with Gasteiger partial charge in [-0.2, -0.15) is 10.2 Å². The highest BCUT2D eigenvalue weighted by Gasteiger charge is 2.30. The summed E-state index contributed by atoms with van der Waals surface area (Å²) >= 11 is 0. The van der Waals surface area contributed by atoms with Crippen LogP contribution in [0, 0.1) is 0 Å². The molecule has 0 bridgehead atoms. The van der Waals surface area contributed by atoms with Crippen molar-refractivity contribution >= 4 is 28.8 Å². The van der Waals surface area contributed by atoms with Gasteiger partial charge in [0.15, 0.2) is 5.65 Å². The number of fused-ring (bicyclic) bond motifs is 2. The van der Waals surface area contributed by atoms with Crippen LogP contribution >= 0.6 is 0 Å². The molecule has 0 saturated heterocycles. The number of aromatic amines is 1. The van der Waals surface area contributed by atoms with Crippen LogP contribution in [0.4, 0.5) is 5.82 Å². The summed E-state index contributed by atoms with van der Waals surface area (Å²) in [6.07, 6.45) is 8.19. The fourth-order valence-corrected chi connectivity index (χ4v) is 6.04. The molecule has 46 heavy (non-hydrogen) atoms. The third-order valence-corrected chi connectivity index (χ3v) is 8.54. The number of nitrogens with one attached hydrogen (secondary N) is 1. The minimum Gasteiger partial charge on any atom is -0.338 e. The molecule has 2 aliphatic rings.